The van der Waals surface area contributed by atoms with E-state index in [-0.39, 0.29) is 23.9 Å². The van der Waals surface area contributed by atoms with Crippen molar-refractivity contribution in [3.05, 3.63) is 89.0 Å². The quantitative estimate of drug-likeness (QED) is 0.274. The van der Waals surface area contributed by atoms with E-state index >= 15 is 0 Å². The number of anilines is 2. The highest BCUT2D eigenvalue weighted by atomic mass is 16.5. The summed E-state index contributed by atoms with van der Waals surface area (Å²) in [7, 11) is 2.12. The topological polar surface area (TPSA) is 132 Å². The average Bonchev–Trinajstić information content (AvgIpc) is 3.12. The Balaban J connectivity index is 1.49. The van der Waals surface area contributed by atoms with Gasteiger partial charge in [0.15, 0.2) is 0 Å². The van der Waals surface area contributed by atoms with Crippen LogP contribution in [0, 0.1) is 5.41 Å². The molecule has 37 heavy (non-hydrogen) atoms. The van der Waals surface area contributed by atoms with Crippen LogP contribution >= 0.6 is 0 Å². The van der Waals surface area contributed by atoms with Gasteiger partial charge in [-0.05, 0) is 68.5 Å². The van der Waals surface area contributed by atoms with Crippen molar-refractivity contribution in [2.75, 3.05) is 43.4 Å². The summed E-state index contributed by atoms with van der Waals surface area (Å²) in [4.78, 5) is 29.3. The molecule has 1 amide bonds. The van der Waals surface area contributed by atoms with Crippen LogP contribution in [0.25, 0.3) is 0 Å². The highest BCUT2D eigenvalue weighted by Crippen LogP contribution is 2.23. The lowest BCUT2D eigenvalue weighted by molar-refractivity contribution is 0.0696. The molecule has 3 aromatic carbocycles. The number of likely N-dealkylation sites (N-methyl/N-ethyl adjacent to an activating group) is 1. The molecule has 0 radical (unpaired) electrons. The first-order chi connectivity index (χ1) is 17.8. The predicted molar refractivity (Wildman–Crippen MR) is 144 cm³/mol. The Morgan fingerprint density at radius 1 is 0.973 bits per heavy atom. The van der Waals surface area contributed by atoms with E-state index in [1.165, 1.54) is 12.1 Å². The highest BCUT2D eigenvalue weighted by molar-refractivity contribution is 6.05. The monoisotopic (exact) mass is 501 g/mol. The fourth-order valence-corrected chi connectivity index (χ4v) is 4.19. The third kappa shape index (κ3) is 6.65. The van der Waals surface area contributed by atoms with Crippen molar-refractivity contribution in [2.24, 2.45) is 5.73 Å². The average molecular weight is 502 g/mol. The van der Waals surface area contributed by atoms with Crippen LogP contribution in [-0.4, -0.2) is 60.9 Å². The SMILES string of the molecule is CN1CCCN(c2ccc(C(=O)Nc3cc(C(=O)O)ccc3COc3cccc(C(=N)N)c3)cc2)CC1. The lowest BCUT2D eigenvalue weighted by Gasteiger charge is -2.23. The van der Waals surface area contributed by atoms with Crippen LogP contribution < -0.4 is 20.7 Å². The lowest BCUT2D eigenvalue weighted by Crippen LogP contribution is -2.28. The third-order valence-electron chi connectivity index (χ3n) is 6.36. The Bertz CT molecular complexity index is 1290. The third-order valence-corrected chi connectivity index (χ3v) is 6.36. The molecule has 0 atom stereocenters. The molecule has 1 heterocycles. The Morgan fingerprint density at radius 2 is 1.73 bits per heavy atom. The molecule has 0 aliphatic carbocycles. The van der Waals surface area contributed by atoms with Gasteiger partial charge in [-0.1, -0.05) is 18.2 Å². The van der Waals surface area contributed by atoms with E-state index in [1.54, 1.807) is 42.5 Å². The van der Waals surface area contributed by atoms with Crippen molar-refractivity contribution in [2.45, 2.75) is 13.0 Å². The van der Waals surface area contributed by atoms with Gasteiger partial charge in [-0.2, -0.15) is 0 Å². The molecule has 9 nitrogen and oxygen atoms in total. The van der Waals surface area contributed by atoms with Crippen LogP contribution in [-0.2, 0) is 6.61 Å². The molecule has 9 heteroatoms. The van der Waals surface area contributed by atoms with Crippen molar-refractivity contribution in [1.82, 2.24) is 4.90 Å². The summed E-state index contributed by atoms with van der Waals surface area (Å²) in [6.45, 7) is 4.05. The number of benzene rings is 3. The molecule has 0 unspecified atom stereocenters. The zero-order chi connectivity index (χ0) is 26.4. The molecule has 5 N–H and O–H groups in total. The van der Waals surface area contributed by atoms with Crippen molar-refractivity contribution in [3.8, 4) is 5.75 Å². The number of amides is 1. The minimum atomic E-state index is -1.09. The molecule has 192 valence electrons. The van der Waals surface area contributed by atoms with Gasteiger partial charge in [0.1, 0.15) is 18.2 Å². The van der Waals surface area contributed by atoms with E-state index in [2.05, 4.69) is 22.2 Å². The van der Waals surface area contributed by atoms with Crippen LogP contribution in [0.3, 0.4) is 0 Å². The van der Waals surface area contributed by atoms with Crippen LogP contribution in [0.1, 0.15) is 38.3 Å². The maximum Gasteiger partial charge on any atom is 0.335 e. The van der Waals surface area contributed by atoms with E-state index in [4.69, 9.17) is 15.9 Å². The number of nitrogens with two attached hydrogens (primary N) is 1. The van der Waals surface area contributed by atoms with Gasteiger partial charge in [0.25, 0.3) is 5.91 Å². The van der Waals surface area contributed by atoms with E-state index < -0.39 is 5.97 Å². The Kier molecular flexibility index (Phi) is 8.05. The van der Waals surface area contributed by atoms with Gasteiger partial charge in [-0.3, -0.25) is 10.2 Å². The summed E-state index contributed by atoms with van der Waals surface area (Å²) in [6, 6.07) is 18.8. The number of hydrogen-bond acceptors (Lipinski definition) is 6. The number of carboxylic acid groups (broad SMARTS) is 1. The molecule has 0 aromatic heterocycles. The highest BCUT2D eigenvalue weighted by Gasteiger charge is 2.16. The second-order valence-corrected chi connectivity index (χ2v) is 9.05. The number of nitrogen functional groups attached to an aromatic ring is 1. The Labute approximate surface area is 216 Å². The second kappa shape index (κ2) is 11.6. The summed E-state index contributed by atoms with van der Waals surface area (Å²) in [5.41, 5.74) is 8.64. The zero-order valence-electron chi connectivity index (χ0n) is 20.7. The molecule has 0 bridgehead atoms. The predicted octanol–water partition coefficient (Wildman–Crippen LogP) is 3.64. The normalized spacial score (nSPS) is 14.0. The maximum absolute atomic E-state index is 13.1. The van der Waals surface area contributed by atoms with Gasteiger partial charge >= 0.3 is 5.97 Å². The molecule has 1 aliphatic heterocycles. The van der Waals surface area contributed by atoms with Gasteiger partial charge in [0.05, 0.1) is 5.56 Å². The van der Waals surface area contributed by atoms with Crippen LogP contribution in [0.5, 0.6) is 5.75 Å². The van der Waals surface area contributed by atoms with Gasteiger partial charge in [-0.25, -0.2) is 4.79 Å². The molecule has 0 saturated carbocycles. The summed E-state index contributed by atoms with van der Waals surface area (Å²) >= 11 is 0. The van der Waals surface area contributed by atoms with Crippen molar-refractivity contribution < 1.29 is 19.4 Å². The number of carbonyl (C=O) groups excluding carboxylic acids is 1. The Hall–Kier alpha value is -4.37. The number of nitrogens with zero attached hydrogens (tertiary/aromatic N) is 2. The van der Waals surface area contributed by atoms with Gasteiger partial charge in [0.2, 0.25) is 0 Å². The summed E-state index contributed by atoms with van der Waals surface area (Å²) < 4.78 is 5.85. The lowest BCUT2D eigenvalue weighted by atomic mass is 10.1. The zero-order valence-corrected chi connectivity index (χ0v) is 20.7. The first-order valence-electron chi connectivity index (χ1n) is 12.1. The number of carboxylic acids is 1. The molecular weight excluding hydrogens is 470 g/mol. The molecule has 0 spiro atoms. The molecule has 1 aliphatic rings. The minimum Gasteiger partial charge on any atom is -0.489 e. The van der Waals surface area contributed by atoms with E-state index in [9.17, 15) is 14.7 Å². The number of hydrogen-bond donors (Lipinski definition) is 4. The van der Waals surface area contributed by atoms with Gasteiger partial charge < -0.3 is 30.7 Å². The van der Waals surface area contributed by atoms with E-state index in [0.29, 0.717) is 28.1 Å². The van der Waals surface area contributed by atoms with Crippen molar-refractivity contribution in [1.29, 1.82) is 5.41 Å². The fourth-order valence-electron chi connectivity index (χ4n) is 4.19. The van der Waals surface area contributed by atoms with Crippen molar-refractivity contribution >= 4 is 29.1 Å². The van der Waals surface area contributed by atoms with Gasteiger partial charge in [-0.15, -0.1) is 0 Å². The second-order valence-electron chi connectivity index (χ2n) is 9.05. The van der Waals surface area contributed by atoms with Crippen LogP contribution in [0.2, 0.25) is 0 Å². The first kappa shape index (κ1) is 25.7. The number of ether oxygens (including phenoxy) is 1. The number of aromatic carboxylic acids is 1. The van der Waals surface area contributed by atoms with Gasteiger partial charge in [0, 0.05) is 47.7 Å². The number of rotatable bonds is 8. The number of amidine groups is 1. The van der Waals surface area contributed by atoms with Crippen LogP contribution in [0.4, 0.5) is 11.4 Å². The van der Waals surface area contributed by atoms with Crippen LogP contribution in [0.15, 0.2) is 66.7 Å². The smallest absolute Gasteiger partial charge is 0.335 e. The maximum atomic E-state index is 13.1. The summed E-state index contributed by atoms with van der Waals surface area (Å²) in [5.74, 6) is -1.00. The van der Waals surface area contributed by atoms with E-state index in [0.717, 1.165) is 38.3 Å². The molecule has 3 aromatic rings. The van der Waals surface area contributed by atoms with E-state index in [1.807, 2.05) is 12.1 Å². The standard InChI is InChI=1S/C28H31N5O4/c1-32-12-3-13-33(15-14-32)23-10-8-19(9-11-23)27(34)31-25-17-21(28(35)36)6-7-22(25)18-37-24-5-2-4-20(16-24)26(29)30/h2,4-11,16-17H,3,12-15,18H2,1H3,(H3,29,30)(H,31,34)(H,35,36). The molecule has 1 saturated heterocycles. The molecule has 4 rings (SSSR count). The largest absolute Gasteiger partial charge is 0.489 e. The molecular formula is C28H31N5O4. The number of nitrogens with one attached hydrogen (secondary N) is 2. The fraction of sp³-hybridized carbons (Fsp3) is 0.250. The Morgan fingerprint density at radius 3 is 2.46 bits per heavy atom. The molecule has 1 fully saturated rings. The minimum absolute atomic E-state index is 0.0547. The van der Waals surface area contributed by atoms with Crippen molar-refractivity contribution in [3.63, 3.8) is 0 Å². The first-order valence-corrected chi connectivity index (χ1v) is 12.1. The number of carbonyl (C=O) groups is 2. The summed E-state index contributed by atoms with van der Waals surface area (Å²) in [5, 5.41) is 19.9. The summed E-state index contributed by atoms with van der Waals surface area (Å²) in [6.07, 6.45) is 1.09.